The van der Waals surface area contributed by atoms with Crippen LogP contribution in [0.2, 0.25) is 0 Å². The van der Waals surface area contributed by atoms with E-state index in [1.165, 1.54) is 75.6 Å². The van der Waals surface area contributed by atoms with Crippen molar-refractivity contribution in [2.75, 3.05) is 19.6 Å². The van der Waals surface area contributed by atoms with Crippen LogP contribution in [0.3, 0.4) is 0 Å². The first-order chi connectivity index (χ1) is 10.3. The lowest BCUT2D eigenvalue weighted by atomic mass is 9.69. The number of nitrogens with two attached hydrogens (primary N) is 1. The summed E-state index contributed by atoms with van der Waals surface area (Å²) in [5, 5.41) is 0. The van der Waals surface area contributed by atoms with E-state index >= 15 is 0 Å². The van der Waals surface area contributed by atoms with Crippen LogP contribution < -0.4 is 5.73 Å². The van der Waals surface area contributed by atoms with Gasteiger partial charge in [0.25, 0.3) is 0 Å². The summed E-state index contributed by atoms with van der Waals surface area (Å²) in [6.45, 7) is 4.47. The smallest absolute Gasteiger partial charge is 0.0233 e. The Morgan fingerprint density at radius 2 is 1.67 bits per heavy atom. The maximum Gasteiger partial charge on any atom is 0.0233 e. The van der Waals surface area contributed by atoms with Crippen molar-refractivity contribution >= 4 is 0 Å². The summed E-state index contributed by atoms with van der Waals surface area (Å²) in [4.78, 5) is 2.61. The summed E-state index contributed by atoms with van der Waals surface area (Å²) in [6, 6.07) is 9.32. The molecule has 1 aromatic carbocycles. The SMILES string of the molecule is NCC1(c2cccc(CN3CCCCC3)c2)CCCCC1. The molecule has 2 heteroatoms. The molecule has 2 N–H and O–H groups in total. The first kappa shape index (κ1) is 15.1. The van der Waals surface area contributed by atoms with E-state index < -0.39 is 0 Å². The van der Waals surface area contributed by atoms with E-state index in [9.17, 15) is 0 Å². The van der Waals surface area contributed by atoms with E-state index in [1.807, 2.05) is 0 Å². The number of benzene rings is 1. The summed E-state index contributed by atoms with van der Waals surface area (Å²) in [7, 11) is 0. The third-order valence-electron chi connectivity index (χ3n) is 5.60. The van der Waals surface area contributed by atoms with Gasteiger partial charge in [-0.3, -0.25) is 4.90 Å². The van der Waals surface area contributed by atoms with Gasteiger partial charge in [0.15, 0.2) is 0 Å². The van der Waals surface area contributed by atoms with E-state index in [-0.39, 0.29) is 5.41 Å². The highest BCUT2D eigenvalue weighted by Gasteiger charge is 2.32. The largest absolute Gasteiger partial charge is 0.330 e. The van der Waals surface area contributed by atoms with Crippen LogP contribution in [0.1, 0.15) is 62.5 Å². The molecule has 2 fully saturated rings. The molecule has 0 spiro atoms. The summed E-state index contributed by atoms with van der Waals surface area (Å²) >= 11 is 0. The summed E-state index contributed by atoms with van der Waals surface area (Å²) < 4.78 is 0. The van der Waals surface area contributed by atoms with Gasteiger partial charge >= 0.3 is 0 Å². The van der Waals surface area contributed by atoms with E-state index in [4.69, 9.17) is 5.73 Å². The van der Waals surface area contributed by atoms with Crippen molar-refractivity contribution in [1.29, 1.82) is 0 Å². The lowest BCUT2D eigenvalue weighted by molar-refractivity contribution is 0.220. The van der Waals surface area contributed by atoms with Gasteiger partial charge in [-0.1, -0.05) is 49.9 Å². The molecule has 1 saturated carbocycles. The zero-order chi connectivity index (χ0) is 14.5. The van der Waals surface area contributed by atoms with Gasteiger partial charge in [0, 0.05) is 18.5 Å². The molecule has 0 atom stereocenters. The van der Waals surface area contributed by atoms with Crippen LogP contribution in [0.5, 0.6) is 0 Å². The Kier molecular flexibility index (Phi) is 4.97. The highest BCUT2D eigenvalue weighted by Crippen LogP contribution is 2.38. The summed E-state index contributed by atoms with van der Waals surface area (Å²) in [5.41, 5.74) is 9.43. The first-order valence-electron chi connectivity index (χ1n) is 8.84. The topological polar surface area (TPSA) is 29.3 Å². The quantitative estimate of drug-likeness (QED) is 0.911. The number of likely N-dealkylation sites (tertiary alicyclic amines) is 1. The van der Waals surface area contributed by atoms with E-state index in [1.54, 1.807) is 0 Å². The molecule has 116 valence electrons. The molecule has 0 unspecified atom stereocenters. The molecule has 2 nitrogen and oxygen atoms in total. The average molecular weight is 286 g/mol. The fourth-order valence-electron chi connectivity index (χ4n) is 4.21. The van der Waals surface area contributed by atoms with Gasteiger partial charge in [-0.05, 0) is 49.9 Å². The van der Waals surface area contributed by atoms with Gasteiger partial charge in [0.05, 0.1) is 0 Å². The van der Waals surface area contributed by atoms with Crippen LogP contribution >= 0.6 is 0 Å². The highest BCUT2D eigenvalue weighted by atomic mass is 15.1. The van der Waals surface area contributed by atoms with Crippen LogP contribution in [-0.4, -0.2) is 24.5 Å². The normalized spacial score (nSPS) is 23.1. The van der Waals surface area contributed by atoms with Gasteiger partial charge in [0.2, 0.25) is 0 Å². The van der Waals surface area contributed by atoms with Crippen molar-refractivity contribution in [2.45, 2.75) is 63.3 Å². The second-order valence-electron chi connectivity index (χ2n) is 7.08. The molecule has 1 heterocycles. The Bertz CT molecular complexity index is 443. The van der Waals surface area contributed by atoms with Crippen LogP contribution in [0.4, 0.5) is 0 Å². The summed E-state index contributed by atoms with van der Waals surface area (Å²) in [6.07, 6.45) is 10.8. The van der Waals surface area contributed by atoms with Crippen LogP contribution in [0.15, 0.2) is 24.3 Å². The molecule has 1 saturated heterocycles. The number of rotatable bonds is 4. The fourth-order valence-corrected chi connectivity index (χ4v) is 4.21. The standard InChI is InChI=1S/C19H30N2/c20-16-19(10-3-1-4-11-19)18-9-7-8-17(14-18)15-21-12-5-2-6-13-21/h7-9,14H,1-6,10-13,15-16,20H2. The maximum atomic E-state index is 6.19. The Balaban J connectivity index is 1.75. The number of hydrogen-bond donors (Lipinski definition) is 1. The van der Waals surface area contributed by atoms with Gasteiger partial charge in [-0.25, -0.2) is 0 Å². The molecule has 1 aliphatic heterocycles. The predicted octanol–water partition coefficient (Wildman–Crippen LogP) is 3.83. The second kappa shape index (κ2) is 6.93. The minimum Gasteiger partial charge on any atom is -0.330 e. The minimum atomic E-state index is 0.260. The van der Waals surface area contributed by atoms with Crippen molar-refractivity contribution < 1.29 is 0 Å². The zero-order valence-electron chi connectivity index (χ0n) is 13.3. The third-order valence-corrected chi connectivity index (χ3v) is 5.60. The molecule has 1 aliphatic carbocycles. The van der Waals surface area contributed by atoms with Crippen molar-refractivity contribution in [1.82, 2.24) is 4.90 Å². The van der Waals surface area contributed by atoms with Crippen molar-refractivity contribution in [2.24, 2.45) is 5.73 Å². The van der Waals surface area contributed by atoms with Crippen molar-refractivity contribution in [3.8, 4) is 0 Å². The van der Waals surface area contributed by atoms with E-state index in [2.05, 4.69) is 29.2 Å². The minimum absolute atomic E-state index is 0.260. The predicted molar refractivity (Wildman–Crippen MR) is 89.4 cm³/mol. The monoisotopic (exact) mass is 286 g/mol. The first-order valence-corrected chi connectivity index (χ1v) is 8.84. The number of nitrogens with zero attached hydrogens (tertiary/aromatic N) is 1. The second-order valence-corrected chi connectivity index (χ2v) is 7.08. The molecule has 0 amide bonds. The molecular formula is C19H30N2. The van der Waals surface area contributed by atoms with Crippen LogP contribution in [0, 0.1) is 0 Å². The van der Waals surface area contributed by atoms with Gasteiger partial charge in [-0.15, -0.1) is 0 Å². The number of piperidine rings is 1. The van der Waals surface area contributed by atoms with E-state index in [0.29, 0.717) is 0 Å². The number of hydrogen-bond acceptors (Lipinski definition) is 2. The van der Waals surface area contributed by atoms with Gasteiger partial charge in [0.1, 0.15) is 0 Å². The lowest BCUT2D eigenvalue weighted by Crippen LogP contribution is -2.37. The Morgan fingerprint density at radius 1 is 0.952 bits per heavy atom. The fraction of sp³-hybridized carbons (Fsp3) is 0.684. The van der Waals surface area contributed by atoms with Crippen molar-refractivity contribution in [3.63, 3.8) is 0 Å². The van der Waals surface area contributed by atoms with Crippen LogP contribution in [0.25, 0.3) is 0 Å². The highest BCUT2D eigenvalue weighted by molar-refractivity contribution is 5.31. The summed E-state index contributed by atoms with van der Waals surface area (Å²) in [5.74, 6) is 0. The Morgan fingerprint density at radius 3 is 2.38 bits per heavy atom. The van der Waals surface area contributed by atoms with Crippen molar-refractivity contribution in [3.05, 3.63) is 35.4 Å². The molecule has 0 aromatic heterocycles. The van der Waals surface area contributed by atoms with Gasteiger partial charge in [-0.2, -0.15) is 0 Å². The Labute approximate surface area is 129 Å². The zero-order valence-corrected chi connectivity index (χ0v) is 13.3. The molecule has 1 aromatic rings. The third kappa shape index (κ3) is 3.49. The van der Waals surface area contributed by atoms with Crippen LogP contribution in [-0.2, 0) is 12.0 Å². The Hall–Kier alpha value is -0.860. The molecule has 0 bridgehead atoms. The molecular weight excluding hydrogens is 256 g/mol. The average Bonchev–Trinajstić information content (AvgIpc) is 2.57. The van der Waals surface area contributed by atoms with E-state index in [0.717, 1.165) is 13.1 Å². The van der Waals surface area contributed by atoms with Gasteiger partial charge < -0.3 is 5.73 Å². The molecule has 0 radical (unpaired) electrons. The molecule has 21 heavy (non-hydrogen) atoms. The maximum absolute atomic E-state index is 6.19. The molecule has 3 rings (SSSR count). The lowest BCUT2D eigenvalue weighted by Gasteiger charge is -2.37. The molecule has 2 aliphatic rings.